The van der Waals surface area contributed by atoms with Crippen LogP contribution in [0.15, 0.2) is 16.5 Å². The number of nitrogens with zero attached hydrogens (tertiary/aromatic N) is 3. The van der Waals surface area contributed by atoms with Crippen LogP contribution in [-0.4, -0.2) is 36.1 Å². The number of anilines is 1. The SMILES string of the molecule is Cc1nc2ccc(N3CCNCC3)nc2o1. The van der Waals surface area contributed by atoms with E-state index in [4.69, 9.17) is 4.42 Å². The van der Waals surface area contributed by atoms with E-state index in [1.165, 1.54) is 0 Å². The van der Waals surface area contributed by atoms with Crippen LogP contribution in [0.2, 0.25) is 0 Å². The van der Waals surface area contributed by atoms with Crippen LogP contribution in [0.3, 0.4) is 0 Å². The van der Waals surface area contributed by atoms with E-state index in [-0.39, 0.29) is 0 Å². The van der Waals surface area contributed by atoms with Gasteiger partial charge in [-0.15, -0.1) is 0 Å². The Morgan fingerprint density at radius 1 is 1.25 bits per heavy atom. The molecule has 84 valence electrons. The molecule has 0 saturated carbocycles. The summed E-state index contributed by atoms with van der Waals surface area (Å²) in [5.74, 6) is 1.64. The number of nitrogens with one attached hydrogen (secondary N) is 1. The van der Waals surface area contributed by atoms with Crippen LogP contribution in [0, 0.1) is 6.92 Å². The van der Waals surface area contributed by atoms with Crippen molar-refractivity contribution in [3.05, 3.63) is 18.0 Å². The Labute approximate surface area is 93.5 Å². The Bertz CT molecular complexity index is 502. The first-order valence-corrected chi connectivity index (χ1v) is 5.53. The van der Waals surface area contributed by atoms with Crippen molar-refractivity contribution in [2.45, 2.75) is 6.92 Å². The van der Waals surface area contributed by atoms with E-state index in [2.05, 4.69) is 20.2 Å². The first kappa shape index (κ1) is 9.59. The molecule has 1 aliphatic rings. The summed E-state index contributed by atoms with van der Waals surface area (Å²) in [6.45, 7) is 5.84. The molecule has 1 saturated heterocycles. The van der Waals surface area contributed by atoms with Gasteiger partial charge in [0.1, 0.15) is 11.3 Å². The predicted molar refractivity (Wildman–Crippen MR) is 61.6 cm³/mol. The molecule has 0 bridgehead atoms. The van der Waals surface area contributed by atoms with Crippen LogP contribution in [0.1, 0.15) is 5.89 Å². The summed E-state index contributed by atoms with van der Waals surface area (Å²) in [6.07, 6.45) is 0. The lowest BCUT2D eigenvalue weighted by molar-refractivity contribution is 0.548. The Balaban J connectivity index is 1.97. The molecule has 3 rings (SSSR count). The normalized spacial score (nSPS) is 16.9. The lowest BCUT2D eigenvalue weighted by Gasteiger charge is -2.28. The van der Waals surface area contributed by atoms with Crippen molar-refractivity contribution < 1.29 is 4.42 Å². The first-order valence-electron chi connectivity index (χ1n) is 5.53. The largest absolute Gasteiger partial charge is 0.423 e. The highest BCUT2D eigenvalue weighted by Gasteiger charge is 2.13. The molecule has 0 aromatic carbocycles. The zero-order chi connectivity index (χ0) is 11.0. The minimum absolute atomic E-state index is 0.633. The van der Waals surface area contributed by atoms with Crippen molar-refractivity contribution in [2.24, 2.45) is 0 Å². The lowest BCUT2D eigenvalue weighted by Crippen LogP contribution is -2.43. The highest BCUT2D eigenvalue weighted by atomic mass is 16.4. The average molecular weight is 218 g/mol. The summed E-state index contributed by atoms with van der Waals surface area (Å²) in [5.41, 5.74) is 1.46. The van der Waals surface area contributed by atoms with Crippen LogP contribution >= 0.6 is 0 Å². The van der Waals surface area contributed by atoms with Gasteiger partial charge in [-0.05, 0) is 12.1 Å². The van der Waals surface area contributed by atoms with Gasteiger partial charge in [-0.3, -0.25) is 0 Å². The van der Waals surface area contributed by atoms with Gasteiger partial charge in [-0.25, -0.2) is 4.98 Å². The van der Waals surface area contributed by atoms with Crippen molar-refractivity contribution >= 4 is 17.0 Å². The second kappa shape index (κ2) is 3.75. The molecular weight excluding hydrogens is 204 g/mol. The van der Waals surface area contributed by atoms with Gasteiger partial charge in [-0.1, -0.05) is 0 Å². The van der Waals surface area contributed by atoms with Gasteiger partial charge in [0, 0.05) is 33.1 Å². The zero-order valence-electron chi connectivity index (χ0n) is 9.23. The molecule has 0 spiro atoms. The lowest BCUT2D eigenvalue weighted by atomic mass is 10.3. The van der Waals surface area contributed by atoms with Crippen LogP contribution < -0.4 is 10.2 Å². The van der Waals surface area contributed by atoms with Gasteiger partial charge in [0.05, 0.1) is 0 Å². The van der Waals surface area contributed by atoms with E-state index in [0.717, 1.165) is 37.5 Å². The summed E-state index contributed by atoms with van der Waals surface area (Å²) in [4.78, 5) is 11.0. The molecule has 16 heavy (non-hydrogen) atoms. The Kier molecular flexibility index (Phi) is 2.25. The molecule has 1 aliphatic heterocycles. The monoisotopic (exact) mass is 218 g/mol. The maximum atomic E-state index is 5.43. The van der Waals surface area contributed by atoms with Crippen LogP contribution in [0.4, 0.5) is 5.82 Å². The third-order valence-electron chi connectivity index (χ3n) is 2.79. The number of hydrogen-bond donors (Lipinski definition) is 1. The quantitative estimate of drug-likeness (QED) is 0.772. The Hall–Kier alpha value is -1.62. The van der Waals surface area contributed by atoms with Gasteiger partial charge >= 0.3 is 0 Å². The summed E-state index contributed by atoms with van der Waals surface area (Å²) in [5, 5.41) is 3.32. The standard InChI is InChI=1S/C11H14N4O/c1-8-13-9-2-3-10(14-11(9)16-8)15-6-4-12-5-7-15/h2-3,12H,4-7H2,1H3. The van der Waals surface area contributed by atoms with Gasteiger partial charge in [0.25, 0.3) is 0 Å². The average Bonchev–Trinajstić information content (AvgIpc) is 2.69. The highest BCUT2D eigenvalue weighted by Crippen LogP contribution is 2.18. The van der Waals surface area contributed by atoms with E-state index in [9.17, 15) is 0 Å². The number of rotatable bonds is 1. The van der Waals surface area contributed by atoms with Gasteiger partial charge in [0.2, 0.25) is 5.71 Å². The predicted octanol–water partition coefficient (Wildman–Crippen LogP) is 0.941. The van der Waals surface area contributed by atoms with Crippen LogP contribution in [-0.2, 0) is 0 Å². The molecule has 2 aromatic heterocycles. The fourth-order valence-corrected chi connectivity index (χ4v) is 1.99. The number of hydrogen-bond acceptors (Lipinski definition) is 5. The summed E-state index contributed by atoms with van der Waals surface area (Å²) < 4.78 is 5.43. The van der Waals surface area contributed by atoms with Crippen molar-refractivity contribution in [3.63, 3.8) is 0 Å². The van der Waals surface area contributed by atoms with Crippen LogP contribution in [0.25, 0.3) is 11.2 Å². The van der Waals surface area contributed by atoms with E-state index < -0.39 is 0 Å². The fourth-order valence-electron chi connectivity index (χ4n) is 1.99. The first-order chi connectivity index (χ1) is 7.83. The zero-order valence-corrected chi connectivity index (χ0v) is 9.23. The summed E-state index contributed by atoms with van der Waals surface area (Å²) >= 11 is 0. The van der Waals surface area contributed by atoms with E-state index in [1.54, 1.807) is 0 Å². The Morgan fingerprint density at radius 3 is 2.88 bits per heavy atom. The smallest absolute Gasteiger partial charge is 0.248 e. The van der Waals surface area contributed by atoms with Crippen molar-refractivity contribution in [1.82, 2.24) is 15.3 Å². The van der Waals surface area contributed by atoms with E-state index in [0.29, 0.717) is 11.6 Å². The van der Waals surface area contributed by atoms with Crippen molar-refractivity contribution in [1.29, 1.82) is 0 Å². The molecule has 0 amide bonds. The van der Waals surface area contributed by atoms with Crippen LogP contribution in [0.5, 0.6) is 0 Å². The molecule has 5 nitrogen and oxygen atoms in total. The maximum absolute atomic E-state index is 5.43. The fraction of sp³-hybridized carbons (Fsp3) is 0.455. The molecule has 1 N–H and O–H groups in total. The number of piperazine rings is 1. The van der Waals surface area contributed by atoms with Gasteiger partial charge in [-0.2, -0.15) is 4.98 Å². The molecule has 1 fully saturated rings. The molecule has 0 unspecified atom stereocenters. The number of pyridine rings is 1. The summed E-state index contributed by atoms with van der Waals surface area (Å²) in [7, 11) is 0. The molecule has 0 aliphatic carbocycles. The molecule has 5 heteroatoms. The number of fused-ring (bicyclic) bond motifs is 1. The van der Waals surface area contributed by atoms with E-state index >= 15 is 0 Å². The van der Waals surface area contributed by atoms with Crippen molar-refractivity contribution in [2.75, 3.05) is 31.1 Å². The summed E-state index contributed by atoms with van der Waals surface area (Å²) in [6, 6.07) is 3.98. The maximum Gasteiger partial charge on any atom is 0.248 e. The number of oxazole rings is 1. The minimum Gasteiger partial charge on any atom is -0.423 e. The molecule has 2 aromatic rings. The van der Waals surface area contributed by atoms with Gasteiger partial charge in [0.15, 0.2) is 5.89 Å². The minimum atomic E-state index is 0.633. The van der Waals surface area contributed by atoms with Gasteiger partial charge < -0.3 is 14.6 Å². The molecule has 0 atom stereocenters. The topological polar surface area (TPSA) is 54.2 Å². The third kappa shape index (κ3) is 1.63. The second-order valence-electron chi connectivity index (χ2n) is 3.96. The number of aryl methyl sites for hydroxylation is 1. The third-order valence-corrected chi connectivity index (χ3v) is 2.79. The number of aromatic nitrogens is 2. The Morgan fingerprint density at radius 2 is 2.06 bits per heavy atom. The second-order valence-corrected chi connectivity index (χ2v) is 3.96. The highest BCUT2D eigenvalue weighted by molar-refractivity contribution is 5.70. The van der Waals surface area contributed by atoms with E-state index in [1.807, 2.05) is 19.1 Å². The molecule has 3 heterocycles. The molecular formula is C11H14N4O. The van der Waals surface area contributed by atoms with Crippen molar-refractivity contribution in [3.8, 4) is 0 Å². The molecule has 0 radical (unpaired) electrons.